The Kier molecular flexibility index (Phi) is 2.91. The summed E-state index contributed by atoms with van der Waals surface area (Å²) in [5, 5.41) is 8.09. The molecule has 0 saturated heterocycles. The van der Waals surface area contributed by atoms with E-state index in [-0.39, 0.29) is 16.2 Å². The molecule has 0 saturated carbocycles. The van der Waals surface area contributed by atoms with Gasteiger partial charge in [-0.2, -0.15) is 0 Å². The lowest BCUT2D eigenvalue weighted by Crippen LogP contribution is -2.05. The van der Waals surface area contributed by atoms with Gasteiger partial charge in [0.15, 0.2) is 0 Å². The molecule has 0 aliphatic heterocycles. The standard InChI is InChI=1S/C13H11N3O4S/c1-20-9-3-4-10-8(7-9)5-6-16-12(11(10)17)14-15-13(16)21(2,18)19/h3-7H,1-2H3. The Hall–Kier alpha value is -2.48. The molecule has 21 heavy (non-hydrogen) atoms. The van der Waals surface area contributed by atoms with Gasteiger partial charge in [0.05, 0.1) is 7.11 Å². The van der Waals surface area contributed by atoms with Crippen LogP contribution >= 0.6 is 0 Å². The van der Waals surface area contributed by atoms with E-state index >= 15 is 0 Å². The highest BCUT2D eigenvalue weighted by Gasteiger charge is 2.17. The van der Waals surface area contributed by atoms with Crippen molar-refractivity contribution in [3.05, 3.63) is 40.7 Å². The van der Waals surface area contributed by atoms with E-state index in [1.165, 1.54) is 17.7 Å². The largest absolute Gasteiger partial charge is 0.497 e. The molecule has 0 unspecified atom stereocenters. The normalized spacial score (nSPS) is 11.9. The highest BCUT2D eigenvalue weighted by Crippen LogP contribution is 2.18. The van der Waals surface area contributed by atoms with Gasteiger partial charge in [-0.05, 0) is 29.7 Å². The zero-order valence-electron chi connectivity index (χ0n) is 11.3. The van der Waals surface area contributed by atoms with Gasteiger partial charge in [0, 0.05) is 17.8 Å². The smallest absolute Gasteiger partial charge is 0.253 e. The maximum absolute atomic E-state index is 12.5. The van der Waals surface area contributed by atoms with Crippen molar-refractivity contribution >= 4 is 26.3 Å². The molecular weight excluding hydrogens is 294 g/mol. The molecular formula is C13H11N3O4S. The van der Waals surface area contributed by atoms with Gasteiger partial charge in [-0.3, -0.25) is 9.20 Å². The number of aromatic nitrogens is 3. The first-order valence-electron chi connectivity index (χ1n) is 5.97. The van der Waals surface area contributed by atoms with Gasteiger partial charge in [0.25, 0.3) is 5.16 Å². The highest BCUT2D eigenvalue weighted by atomic mass is 32.2. The third-order valence-corrected chi connectivity index (χ3v) is 4.05. The Morgan fingerprint density at radius 3 is 2.62 bits per heavy atom. The molecule has 2 heterocycles. The molecule has 0 fully saturated rings. The minimum absolute atomic E-state index is 0.0319. The number of fused-ring (bicyclic) bond motifs is 2. The van der Waals surface area contributed by atoms with Gasteiger partial charge in [-0.1, -0.05) is 0 Å². The Labute approximate surface area is 119 Å². The summed E-state index contributed by atoms with van der Waals surface area (Å²) in [5.74, 6) is 0.604. The summed E-state index contributed by atoms with van der Waals surface area (Å²) in [5.41, 5.74) is -0.421. The maximum Gasteiger partial charge on any atom is 0.253 e. The molecule has 0 N–H and O–H groups in total. The molecule has 0 amide bonds. The quantitative estimate of drug-likeness (QED) is 0.690. The third kappa shape index (κ3) is 2.13. The van der Waals surface area contributed by atoms with E-state index < -0.39 is 9.84 Å². The first-order valence-corrected chi connectivity index (χ1v) is 7.87. The molecule has 2 aromatic heterocycles. The van der Waals surface area contributed by atoms with Crippen LogP contribution in [0.1, 0.15) is 0 Å². The van der Waals surface area contributed by atoms with Crippen LogP contribution in [0.2, 0.25) is 0 Å². The van der Waals surface area contributed by atoms with Crippen molar-refractivity contribution in [1.29, 1.82) is 0 Å². The Balaban J connectivity index is 2.51. The van der Waals surface area contributed by atoms with Gasteiger partial charge < -0.3 is 4.74 Å². The fourth-order valence-corrected chi connectivity index (χ4v) is 2.80. The van der Waals surface area contributed by atoms with E-state index in [1.54, 1.807) is 24.3 Å². The predicted molar refractivity (Wildman–Crippen MR) is 76.4 cm³/mol. The third-order valence-electron chi connectivity index (χ3n) is 3.11. The van der Waals surface area contributed by atoms with E-state index in [2.05, 4.69) is 10.2 Å². The molecule has 1 aromatic carbocycles. The summed E-state index contributed by atoms with van der Waals surface area (Å²) in [6, 6.07) is 6.60. The number of sulfone groups is 1. The highest BCUT2D eigenvalue weighted by molar-refractivity contribution is 7.90. The molecule has 7 nitrogen and oxygen atoms in total. The van der Waals surface area contributed by atoms with E-state index in [0.29, 0.717) is 16.5 Å². The number of hydrogen-bond acceptors (Lipinski definition) is 6. The van der Waals surface area contributed by atoms with Crippen LogP contribution in [-0.2, 0) is 9.84 Å². The van der Waals surface area contributed by atoms with Crippen molar-refractivity contribution in [1.82, 2.24) is 14.6 Å². The van der Waals surface area contributed by atoms with E-state index in [0.717, 1.165) is 6.26 Å². The summed E-state index contributed by atoms with van der Waals surface area (Å²) < 4.78 is 29.6. The van der Waals surface area contributed by atoms with Gasteiger partial charge in [-0.25, -0.2) is 8.42 Å². The number of methoxy groups -OCH3 is 1. The van der Waals surface area contributed by atoms with Crippen LogP contribution < -0.4 is 10.2 Å². The summed E-state index contributed by atoms with van der Waals surface area (Å²) in [6.45, 7) is 0. The Morgan fingerprint density at radius 1 is 1.19 bits per heavy atom. The van der Waals surface area contributed by atoms with Crippen LogP contribution in [0.3, 0.4) is 0 Å². The van der Waals surface area contributed by atoms with Gasteiger partial charge in [-0.15, -0.1) is 10.2 Å². The zero-order chi connectivity index (χ0) is 15.2. The molecule has 3 aromatic rings. The van der Waals surface area contributed by atoms with E-state index in [4.69, 9.17) is 4.74 Å². The molecule has 8 heteroatoms. The minimum Gasteiger partial charge on any atom is -0.497 e. The average Bonchev–Trinajstić information content (AvgIpc) is 2.82. The summed E-state index contributed by atoms with van der Waals surface area (Å²) in [7, 11) is -2.05. The molecule has 0 radical (unpaired) electrons. The number of ether oxygens (including phenoxy) is 1. The number of rotatable bonds is 2. The lowest BCUT2D eigenvalue weighted by molar-refractivity contribution is 0.415. The molecule has 3 rings (SSSR count). The van der Waals surface area contributed by atoms with Gasteiger partial charge >= 0.3 is 0 Å². The van der Waals surface area contributed by atoms with Crippen molar-refractivity contribution in [3.8, 4) is 5.75 Å². The fourth-order valence-electron chi connectivity index (χ4n) is 2.11. The first-order chi connectivity index (χ1) is 9.91. The van der Waals surface area contributed by atoms with Crippen LogP contribution in [0.15, 0.2) is 40.4 Å². The molecule has 108 valence electrons. The van der Waals surface area contributed by atoms with Crippen LogP contribution in [0.5, 0.6) is 5.75 Å². The van der Waals surface area contributed by atoms with Crippen LogP contribution in [0.25, 0.3) is 16.4 Å². The van der Waals surface area contributed by atoms with Gasteiger partial charge in [0.1, 0.15) is 5.75 Å². The average molecular weight is 305 g/mol. The van der Waals surface area contributed by atoms with Crippen LogP contribution in [-0.4, -0.2) is 36.4 Å². The van der Waals surface area contributed by atoms with Crippen molar-refractivity contribution in [2.45, 2.75) is 5.16 Å². The van der Waals surface area contributed by atoms with Crippen molar-refractivity contribution < 1.29 is 13.2 Å². The summed E-state index contributed by atoms with van der Waals surface area (Å²) in [4.78, 5) is 12.5. The molecule has 0 spiro atoms. The molecule has 0 atom stereocenters. The van der Waals surface area contributed by atoms with Crippen LogP contribution in [0, 0.1) is 0 Å². The topological polar surface area (TPSA) is 90.6 Å². The summed E-state index contributed by atoms with van der Waals surface area (Å²) >= 11 is 0. The second-order valence-corrected chi connectivity index (χ2v) is 6.46. The van der Waals surface area contributed by atoms with Gasteiger partial charge in [0.2, 0.25) is 20.9 Å². The first kappa shape index (κ1) is 13.5. The zero-order valence-corrected chi connectivity index (χ0v) is 12.1. The van der Waals surface area contributed by atoms with Crippen molar-refractivity contribution in [2.75, 3.05) is 13.4 Å². The predicted octanol–water partition coefficient (Wildman–Crippen LogP) is 0.655. The molecule has 0 aliphatic carbocycles. The number of hydrogen-bond donors (Lipinski definition) is 0. The lowest BCUT2D eigenvalue weighted by Gasteiger charge is -1.98. The summed E-state index contributed by atoms with van der Waals surface area (Å²) in [6.07, 6.45) is 2.48. The Bertz CT molecular complexity index is 1020. The SMILES string of the molecule is COc1ccc2c(=O)c3nnc(S(C)(=O)=O)n3ccc2c1. The second kappa shape index (κ2) is 4.52. The van der Waals surface area contributed by atoms with E-state index in [1.807, 2.05) is 0 Å². The molecule has 0 aliphatic rings. The van der Waals surface area contributed by atoms with Crippen molar-refractivity contribution in [3.63, 3.8) is 0 Å². The van der Waals surface area contributed by atoms with Crippen molar-refractivity contribution in [2.24, 2.45) is 0 Å². The van der Waals surface area contributed by atoms with Crippen LogP contribution in [0.4, 0.5) is 0 Å². The Morgan fingerprint density at radius 2 is 1.95 bits per heavy atom. The number of benzene rings is 1. The second-order valence-electron chi connectivity index (χ2n) is 4.55. The fraction of sp³-hybridized carbons (Fsp3) is 0.154. The maximum atomic E-state index is 12.5. The monoisotopic (exact) mass is 305 g/mol. The minimum atomic E-state index is -3.58. The number of nitrogens with zero attached hydrogens (tertiary/aromatic N) is 3. The molecule has 0 bridgehead atoms. The lowest BCUT2D eigenvalue weighted by atomic mass is 10.2. The van der Waals surface area contributed by atoms with E-state index in [9.17, 15) is 13.2 Å².